The molecule has 2 heteroatoms. The van der Waals surface area contributed by atoms with Gasteiger partial charge >= 0.3 is 0 Å². The third-order valence-electron chi connectivity index (χ3n) is 4.10. The Balaban J connectivity index is 1.60. The Kier molecular flexibility index (Phi) is 1.88. The zero-order chi connectivity index (χ0) is 8.84. The molecule has 74 valence electrons. The van der Waals surface area contributed by atoms with Gasteiger partial charge in [0.1, 0.15) is 0 Å². The predicted octanol–water partition coefficient (Wildman–Crippen LogP) is 1.03. The standard InChI is InChI=1S/C11H20N2/c1-2-12-5-9-7-13(11-3-4-11)8-10(9)6-12/h9-11H,2-8H2,1H3. The van der Waals surface area contributed by atoms with E-state index in [4.69, 9.17) is 0 Å². The number of nitrogens with zero attached hydrogens (tertiary/aromatic N) is 2. The Hall–Kier alpha value is -0.0800. The molecule has 0 aromatic heterocycles. The molecule has 2 saturated heterocycles. The van der Waals surface area contributed by atoms with Crippen LogP contribution in [0.3, 0.4) is 0 Å². The van der Waals surface area contributed by atoms with E-state index in [1.807, 2.05) is 0 Å². The normalized spacial score (nSPS) is 41.3. The van der Waals surface area contributed by atoms with Gasteiger partial charge in [0.2, 0.25) is 0 Å². The fourth-order valence-electron chi connectivity index (χ4n) is 3.12. The Morgan fingerprint density at radius 1 is 1.00 bits per heavy atom. The highest BCUT2D eigenvalue weighted by Gasteiger charge is 2.43. The second kappa shape index (κ2) is 2.96. The maximum atomic E-state index is 2.75. The van der Waals surface area contributed by atoms with Crippen LogP contribution in [0.4, 0.5) is 0 Å². The lowest BCUT2D eigenvalue weighted by Gasteiger charge is -2.19. The first-order chi connectivity index (χ1) is 6.36. The summed E-state index contributed by atoms with van der Waals surface area (Å²) in [6.07, 6.45) is 2.97. The van der Waals surface area contributed by atoms with E-state index >= 15 is 0 Å². The lowest BCUT2D eigenvalue weighted by Crippen LogP contribution is -2.29. The molecular weight excluding hydrogens is 160 g/mol. The summed E-state index contributed by atoms with van der Waals surface area (Å²) in [5.74, 6) is 2.03. The summed E-state index contributed by atoms with van der Waals surface area (Å²) in [5, 5.41) is 0. The zero-order valence-electron chi connectivity index (χ0n) is 8.58. The number of hydrogen-bond donors (Lipinski definition) is 0. The molecule has 0 radical (unpaired) electrons. The molecule has 2 atom stereocenters. The smallest absolute Gasteiger partial charge is 0.00966 e. The van der Waals surface area contributed by atoms with Crippen LogP contribution < -0.4 is 0 Å². The van der Waals surface area contributed by atoms with E-state index in [2.05, 4.69) is 16.7 Å². The van der Waals surface area contributed by atoms with Gasteiger partial charge in [0.05, 0.1) is 0 Å². The van der Waals surface area contributed by atoms with E-state index in [9.17, 15) is 0 Å². The van der Waals surface area contributed by atoms with Crippen LogP contribution in [0, 0.1) is 11.8 Å². The molecular formula is C11H20N2. The molecule has 1 saturated carbocycles. The first-order valence-electron chi connectivity index (χ1n) is 5.83. The average molecular weight is 180 g/mol. The molecule has 2 unspecified atom stereocenters. The third-order valence-corrected chi connectivity index (χ3v) is 4.10. The second-order valence-electron chi connectivity index (χ2n) is 5.06. The van der Waals surface area contributed by atoms with Crippen LogP contribution in [-0.4, -0.2) is 48.6 Å². The molecule has 1 aliphatic carbocycles. The van der Waals surface area contributed by atoms with Gasteiger partial charge in [-0.05, 0) is 31.2 Å². The molecule has 0 bridgehead atoms. The van der Waals surface area contributed by atoms with Crippen LogP contribution in [0.15, 0.2) is 0 Å². The molecule has 0 spiro atoms. The summed E-state index contributed by atoms with van der Waals surface area (Å²) in [7, 11) is 0. The molecule has 2 aliphatic heterocycles. The monoisotopic (exact) mass is 180 g/mol. The Morgan fingerprint density at radius 3 is 2.08 bits per heavy atom. The van der Waals surface area contributed by atoms with Crippen molar-refractivity contribution < 1.29 is 0 Å². The van der Waals surface area contributed by atoms with Gasteiger partial charge in [0.25, 0.3) is 0 Å². The van der Waals surface area contributed by atoms with Gasteiger partial charge in [-0.2, -0.15) is 0 Å². The molecule has 0 N–H and O–H groups in total. The minimum Gasteiger partial charge on any atom is -0.303 e. The molecule has 0 aromatic rings. The van der Waals surface area contributed by atoms with Gasteiger partial charge in [-0.25, -0.2) is 0 Å². The van der Waals surface area contributed by atoms with Gasteiger partial charge in [-0.15, -0.1) is 0 Å². The van der Waals surface area contributed by atoms with Crippen LogP contribution in [0.1, 0.15) is 19.8 Å². The maximum absolute atomic E-state index is 2.75. The van der Waals surface area contributed by atoms with Crippen molar-refractivity contribution >= 4 is 0 Å². The quantitative estimate of drug-likeness (QED) is 0.626. The fraction of sp³-hybridized carbons (Fsp3) is 1.00. The summed E-state index contributed by atoms with van der Waals surface area (Å²) >= 11 is 0. The van der Waals surface area contributed by atoms with Crippen molar-refractivity contribution in [2.24, 2.45) is 11.8 Å². The van der Waals surface area contributed by atoms with E-state index in [1.165, 1.54) is 45.6 Å². The summed E-state index contributed by atoms with van der Waals surface area (Å²) in [5.41, 5.74) is 0. The molecule has 13 heavy (non-hydrogen) atoms. The molecule has 0 amide bonds. The van der Waals surface area contributed by atoms with Crippen molar-refractivity contribution in [2.45, 2.75) is 25.8 Å². The molecule has 2 heterocycles. The first-order valence-corrected chi connectivity index (χ1v) is 5.83. The third kappa shape index (κ3) is 1.40. The van der Waals surface area contributed by atoms with Crippen molar-refractivity contribution in [3.8, 4) is 0 Å². The number of hydrogen-bond acceptors (Lipinski definition) is 2. The van der Waals surface area contributed by atoms with Crippen molar-refractivity contribution in [2.75, 3.05) is 32.7 Å². The summed E-state index contributed by atoms with van der Waals surface area (Å²) in [6, 6.07) is 1.00. The minimum atomic E-state index is 1.00. The van der Waals surface area contributed by atoms with Crippen LogP contribution in [0.2, 0.25) is 0 Å². The molecule has 3 aliphatic rings. The number of rotatable bonds is 2. The van der Waals surface area contributed by atoms with Crippen LogP contribution in [-0.2, 0) is 0 Å². The minimum absolute atomic E-state index is 1.00. The Bertz CT molecular complexity index is 186. The van der Waals surface area contributed by atoms with Gasteiger partial charge in [-0.3, -0.25) is 4.90 Å². The highest BCUT2D eigenvalue weighted by Crippen LogP contribution is 2.37. The highest BCUT2D eigenvalue weighted by molar-refractivity contribution is 4.97. The van der Waals surface area contributed by atoms with Crippen molar-refractivity contribution in [1.82, 2.24) is 9.80 Å². The maximum Gasteiger partial charge on any atom is 0.00966 e. The SMILES string of the molecule is CCN1CC2CN(C3CC3)CC2C1. The van der Waals surface area contributed by atoms with E-state index < -0.39 is 0 Å². The summed E-state index contributed by atoms with van der Waals surface area (Å²) in [4.78, 5) is 5.38. The molecule has 2 nitrogen and oxygen atoms in total. The number of likely N-dealkylation sites (tertiary alicyclic amines) is 2. The number of fused-ring (bicyclic) bond motifs is 1. The zero-order valence-corrected chi connectivity index (χ0v) is 8.58. The lowest BCUT2D eigenvalue weighted by atomic mass is 10.0. The second-order valence-corrected chi connectivity index (χ2v) is 5.06. The van der Waals surface area contributed by atoms with Crippen LogP contribution in [0.5, 0.6) is 0 Å². The van der Waals surface area contributed by atoms with Gasteiger partial charge in [-0.1, -0.05) is 6.92 Å². The van der Waals surface area contributed by atoms with E-state index in [0.717, 1.165) is 17.9 Å². The van der Waals surface area contributed by atoms with Crippen molar-refractivity contribution in [3.63, 3.8) is 0 Å². The molecule has 3 rings (SSSR count). The van der Waals surface area contributed by atoms with Crippen LogP contribution >= 0.6 is 0 Å². The predicted molar refractivity (Wildman–Crippen MR) is 53.7 cm³/mol. The van der Waals surface area contributed by atoms with Gasteiger partial charge in [0, 0.05) is 32.2 Å². The highest BCUT2D eigenvalue weighted by atomic mass is 15.3. The van der Waals surface area contributed by atoms with E-state index in [1.54, 1.807) is 0 Å². The fourth-order valence-corrected chi connectivity index (χ4v) is 3.12. The molecule has 0 aromatic carbocycles. The summed E-state index contributed by atoms with van der Waals surface area (Å²) < 4.78 is 0. The van der Waals surface area contributed by atoms with Crippen LogP contribution in [0.25, 0.3) is 0 Å². The van der Waals surface area contributed by atoms with E-state index in [-0.39, 0.29) is 0 Å². The lowest BCUT2D eigenvalue weighted by molar-refractivity contribution is 0.256. The van der Waals surface area contributed by atoms with Crippen molar-refractivity contribution in [1.29, 1.82) is 0 Å². The van der Waals surface area contributed by atoms with Gasteiger partial charge in [0.15, 0.2) is 0 Å². The largest absolute Gasteiger partial charge is 0.303 e. The van der Waals surface area contributed by atoms with Gasteiger partial charge < -0.3 is 4.90 Å². The molecule has 3 fully saturated rings. The van der Waals surface area contributed by atoms with Crippen molar-refractivity contribution in [3.05, 3.63) is 0 Å². The first kappa shape index (κ1) is 8.25. The topological polar surface area (TPSA) is 6.48 Å². The Labute approximate surface area is 80.9 Å². The average Bonchev–Trinajstić information content (AvgIpc) is 2.78. The summed E-state index contributed by atoms with van der Waals surface area (Å²) in [6.45, 7) is 9.13. The Morgan fingerprint density at radius 2 is 1.62 bits per heavy atom. The van der Waals surface area contributed by atoms with E-state index in [0.29, 0.717) is 0 Å².